The van der Waals surface area contributed by atoms with Crippen molar-refractivity contribution >= 4 is 38.4 Å². The molecular formula is C34H21N3. The lowest BCUT2D eigenvalue weighted by molar-refractivity contribution is 1.10. The lowest BCUT2D eigenvalue weighted by Gasteiger charge is -2.13. The first kappa shape index (κ1) is 21.1. The highest BCUT2D eigenvalue weighted by Gasteiger charge is 2.16. The maximum atomic E-state index is 7.31. The molecule has 0 amide bonds. The number of pyridine rings is 1. The Morgan fingerprint density at radius 2 is 1.22 bits per heavy atom. The standard InChI is InChI=1S/C34H21N3/c1-35-26-18-15-24(16-19-26)29-22-34(36-31-13-7-5-11-27(29)31)37-32-14-8-6-12-28(32)30-21-25(17-20-33(30)37)23-9-3-2-4-10-23/h2-22H. The van der Waals surface area contributed by atoms with Crippen LogP contribution in [0, 0.1) is 6.57 Å². The van der Waals surface area contributed by atoms with Crippen LogP contribution in [0.4, 0.5) is 5.69 Å². The van der Waals surface area contributed by atoms with Crippen LogP contribution >= 0.6 is 0 Å². The Bertz CT molecular complexity index is 1970. The molecule has 3 heteroatoms. The lowest BCUT2D eigenvalue weighted by atomic mass is 10.0. The molecule has 2 aromatic heterocycles. The van der Waals surface area contributed by atoms with E-state index < -0.39 is 0 Å². The highest BCUT2D eigenvalue weighted by atomic mass is 15.1. The smallest absolute Gasteiger partial charge is 0.187 e. The highest BCUT2D eigenvalue weighted by molar-refractivity contribution is 6.10. The second-order valence-electron chi connectivity index (χ2n) is 9.15. The molecule has 0 unspecified atom stereocenters. The van der Waals surface area contributed by atoms with Crippen molar-refractivity contribution in [3.63, 3.8) is 0 Å². The van der Waals surface area contributed by atoms with Gasteiger partial charge in [0, 0.05) is 16.2 Å². The zero-order valence-electron chi connectivity index (χ0n) is 20.0. The predicted octanol–water partition coefficient (Wildman–Crippen LogP) is 9.22. The Hall–Kier alpha value is -5.20. The van der Waals surface area contributed by atoms with E-state index in [9.17, 15) is 0 Å². The van der Waals surface area contributed by atoms with E-state index in [0.29, 0.717) is 5.69 Å². The third kappa shape index (κ3) is 3.47. The van der Waals surface area contributed by atoms with Crippen molar-refractivity contribution in [2.24, 2.45) is 0 Å². The molecule has 0 spiro atoms. The maximum Gasteiger partial charge on any atom is 0.187 e. The van der Waals surface area contributed by atoms with Gasteiger partial charge in [-0.15, -0.1) is 0 Å². The molecule has 0 N–H and O–H groups in total. The average Bonchev–Trinajstić information content (AvgIpc) is 3.31. The molecule has 0 aliphatic carbocycles. The first-order valence-electron chi connectivity index (χ1n) is 12.3. The van der Waals surface area contributed by atoms with Crippen LogP contribution in [0.3, 0.4) is 0 Å². The van der Waals surface area contributed by atoms with Crippen LogP contribution in [0.15, 0.2) is 127 Å². The number of fused-ring (bicyclic) bond motifs is 4. The fraction of sp³-hybridized carbons (Fsp3) is 0. The van der Waals surface area contributed by atoms with Crippen LogP contribution in [-0.4, -0.2) is 9.55 Å². The van der Waals surface area contributed by atoms with Gasteiger partial charge in [0.25, 0.3) is 0 Å². The van der Waals surface area contributed by atoms with E-state index in [1.54, 1.807) is 0 Å². The monoisotopic (exact) mass is 471 g/mol. The van der Waals surface area contributed by atoms with Crippen molar-refractivity contribution in [2.75, 3.05) is 0 Å². The van der Waals surface area contributed by atoms with Gasteiger partial charge in [0.2, 0.25) is 0 Å². The second kappa shape index (κ2) is 8.48. The van der Waals surface area contributed by atoms with Gasteiger partial charge in [-0.25, -0.2) is 9.83 Å². The largest absolute Gasteiger partial charge is 0.294 e. The summed E-state index contributed by atoms with van der Waals surface area (Å²) in [4.78, 5) is 8.69. The molecule has 0 bridgehead atoms. The lowest BCUT2D eigenvalue weighted by Crippen LogP contribution is -1.99. The van der Waals surface area contributed by atoms with Gasteiger partial charge in [0.05, 0.1) is 23.1 Å². The van der Waals surface area contributed by atoms with E-state index in [4.69, 9.17) is 11.6 Å². The predicted molar refractivity (Wildman–Crippen MR) is 153 cm³/mol. The van der Waals surface area contributed by atoms with Crippen LogP contribution in [-0.2, 0) is 0 Å². The van der Waals surface area contributed by atoms with Crippen molar-refractivity contribution in [2.45, 2.75) is 0 Å². The molecule has 0 atom stereocenters. The van der Waals surface area contributed by atoms with Crippen LogP contribution in [0.1, 0.15) is 0 Å². The molecule has 0 fully saturated rings. The van der Waals surface area contributed by atoms with Crippen molar-refractivity contribution in [1.29, 1.82) is 0 Å². The van der Waals surface area contributed by atoms with Crippen LogP contribution in [0.5, 0.6) is 0 Å². The zero-order valence-corrected chi connectivity index (χ0v) is 20.0. The minimum atomic E-state index is 0.638. The number of benzene rings is 5. The van der Waals surface area contributed by atoms with Gasteiger partial charge in [-0.2, -0.15) is 0 Å². The number of aromatic nitrogens is 2. The molecule has 0 aliphatic heterocycles. The van der Waals surface area contributed by atoms with E-state index in [-0.39, 0.29) is 0 Å². The number of rotatable bonds is 3. The minimum Gasteiger partial charge on any atom is -0.294 e. The zero-order chi connectivity index (χ0) is 24.8. The van der Waals surface area contributed by atoms with E-state index in [1.807, 2.05) is 42.5 Å². The van der Waals surface area contributed by atoms with E-state index in [0.717, 1.165) is 38.9 Å². The van der Waals surface area contributed by atoms with Gasteiger partial charge < -0.3 is 0 Å². The van der Waals surface area contributed by atoms with Crippen molar-refractivity contribution in [3.8, 4) is 28.1 Å². The molecule has 0 saturated carbocycles. The Balaban J connectivity index is 1.52. The molecule has 172 valence electrons. The first-order valence-corrected chi connectivity index (χ1v) is 12.3. The molecule has 7 rings (SSSR count). The van der Waals surface area contributed by atoms with Crippen LogP contribution < -0.4 is 0 Å². The molecule has 0 saturated heterocycles. The van der Waals surface area contributed by atoms with Gasteiger partial charge in [-0.1, -0.05) is 97.1 Å². The molecule has 0 aliphatic rings. The summed E-state index contributed by atoms with van der Waals surface area (Å²) in [5, 5.41) is 3.50. The van der Waals surface area contributed by atoms with Crippen molar-refractivity contribution in [1.82, 2.24) is 9.55 Å². The molecule has 37 heavy (non-hydrogen) atoms. The van der Waals surface area contributed by atoms with Crippen molar-refractivity contribution < 1.29 is 0 Å². The van der Waals surface area contributed by atoms with E-state index in [1.165, 1.54) is 21.9 Å². The highest BCUT2D eigenvalue weighted by Crippen LogP contribution is 2.37. The number of hydrogen-bond donors (Lipinski definition) is 0. The number of hydrogen-bond acceptors (Lipinski definition) is 1. The van der Waals surface area contributed by atoms with Crippen LogP contribution in [0.2, 0.25) is 0 Å². The summed E-state index contributed by atoms with van der Waals surface area (Å²) in [5.74, 6) is 0.876. The van der Waals surface area contributed by atoms with Gasteiger partial charge in [-0.3, -0.25) is 4.57 Å². The number of nitrogens with zero attached hydrogens (tertiary/aromatic N) is 3. The Morgan fingerprint density at radius 3 is 2.03 bits per heavy atom. The average molecular weight is 472 g/mol. The van der Waals surface area contributed by atoms with Crippen molar-refractivity contribution in [3.05, 3.63) is 139 Å². The third-order valence-corrected chi connectivity index (χ3v) is 7.02. The Kier molecular flexibility index (Phi) is 4.84. The summed E-state index contributed by atoms with van der Waals surface area (Å²) in [5.41, 5.74) is 8.40. The molecule has 3 nitrogen and oxygen atoms in total. The summed E-state index contributed by atoms with van der Waals surface area (Å²) >= 11 is 0. The fourth-order valence-corrected chi connectivity index (χ4v) is 5.26. The van der Waals surface area contributed by atoms with Gasteiger partial charge in [0.15, 0.2) is 5.69 Å². The minimum absolute atomic E-state index is 0.638. The molecule has 7 aromatic rings. The van der Waals surface area contributed by atoms with E-state index >= 15 is 0 Å². The summed E-state index contributed by atoms with van der Waals surface area (Å²) in [7, 11) is 0. The van der Waals surface area contributed by atoms with Crippen LogP contribution in [0.25, 0.3) is 65.6 Å². The van der Waals surface area contributed by atoms with E-state index in [2.05, 4.69) is 94.3 Å². The van der Waals surface area contributed by atoms with Gasteiger partial charge >= 0.3 is 0 Å². The third-order valence-electron chi connectivity index (χ3n) is 7.02. The topological polar surface area (TPSA) is 22.2 Å². The molecule has 2 heterocycles. The van der Waals surface area contributed by atoms with Gasteiger partial charge in [-0.05, 0) is 52.6 Å². The summed E-state index contributed by atoms with van der Waals surface area (Å²) in [6.45, 7) is 7.31. The normalized spacial score (nSPS) is 11.2. The molecule has 5 aromatic carbocycles. The summed E-state index contributed by atoms with van der Waals surface area (Å²) in [6.07, 6.45) is 0. The molecule has 0 radical (unpaired) electrons. The second-order valence-corrected chi connectivity index (χ2v) is 9.15. The summed E-state index contributed by atoms with van der Waals surface area (Å²) < 4.78 is 2.27. The maximum absolute atomic E-state index is 7.31. The Labute approximate surface area is 214 Å². The fourth-order valence-electron chi connectivity index (χ4n) is 5.26. The first-order chi connectivity index (χ1) is 18.3. The molecular weight excluding hydrogens is 450 g/mol. The SMILES string of the molecule is [C-]#[N+]c1ccc(-c2cc(-n3c4ccccc4c4cc(-c5ccccc5)ccc43)nc3ccccc23)cc1. The number of para-hydroxylation sites is 2. The Morgan fingerprint density at radius 1 is 0.541 bits per heavy atom. The van der Waals surface area contributed by atoms with Gasteiger partial charge in [0.1, 0.15) is 5.82 Å². The summed E-state index contributed by atoms with van der Waals surface area (Å²) in [6, 6.07) is 44.0. The quantitative estimate of drug-likeness (QED) is 0.235.